The van der Waals surface area contributed by atoms with Crippen LogP contribution in [0.5, 0.6) is 5.75 Å². The number of nitrogens with one attached hydrogen (secondary N) is 1. The molecule has 1 unspecified atom stereocenters. The second-order valence-electron chi connectivity index (χ2n) is 5.32. The van der Waals surface area contributed by atoms with Gasteiger partial charge in [0.1, 0.15) is 18.1 Å². The van der Waals surface area contributed by atoms with Gasteiger partial charge in [-0.1, -0.05) is 12.1 Å². The average molecular weight is 328 g/mol. The van der Waals surface area contributed by atoms with Gasteiger partial charge in [0, 0.05) is 5.70 Å². The first-order chi connectivity index (χ1) is 11.7. The standard InChI is InChI=1S/C17H20N4O3/c1-4-23-13-8-6-12(7-9-13)15-14(16(22)24-5-2)11(3)20-17-18-10-19-21(15)17/h6-10,15H,4-5H2,1-3H3,(H,18,19,20). The van der Waals surface area contributed by atoms with Gasteiger partial charge in [0.25, 0.3) is 0 Å². The normalized spacial score (nSPS) is 16.4. The monoisotopic (exact) mass is 328 g/mol. The Morgan fingerprint density at radius 1 is 1.25 bits per heavy atom. The summed E-state index contributed by atoms with van der Waals surface area (Å²) in [4.78, 5) is 16.7. The van der Waals surface area contributed by atoms with E-state index in [0.29, 0.717) is 30.4 Å². The molecule has 1 aliphatic heterocycles. The van der Waals surface area contributed by atoms with Crippen molar-refractivity contribution < 1.29 is 14.3 Å². The van der Waals surface area contributed by atoms with E-state index in [0.717, 1.165) is 11.3 Å². The molecule has 1 aromatic carbocycles. The zero-order valence-corrected chi connectivity index (χ0v) is 13.9. The summed E-state index contributed by atoms with van der Waals surface area (Å²) < 4.78 is 12.4. The minimum atomic E-state index is -0.390. The highest BCUT2D eigenvalue weighted by molar-refractivity contribution is 5.92. The van der Waals surface area contributed by atoms with Gasteiger partial charge in [0.15, 0.2) is 0 Å². The SMILES string of the molecule is CCOC(=O)C1=C(C)Nc2ncnn2C1c1ccc(OCC)cc1. The van der Waals surface area contributed by atoms with Crippen LogP contribution in [0.1, 0.15) is 32.4 Å². The van der Waals surface area contributed by atoms with Gasteiger partial charge < -0.3 is 14.8 Å². The Bertz CT molecular complexity index is 764. The van der Waals surface area contributed by atoms with Crippen molar-refractivity contribution in [2.45, 2.75) is 26.8 Å². The fourth-order valence-electron chi connectivity index (χ4n) is 2.79. The largest absolute Gasteiger partial charge is 0.494 e. The lowest BCUT2D eigenvalue weighted by Gasteiger charge is -2.28. The van der Waals surface area contributed by atoms with Crippen molar-refractivity contribution in [2.24, 2.45) is 0 Å². The van der Waals surface area contributed by atoms with E-state index in [-0.39, 0.29) is 5.97 Å². The van der Waals surface area contributed by atoms with Crippen molar-refractivity contribution in [1.82, 2.24) is 14.8 Å². The number of ether oxygens (including phenoxy) is 2. The number of esters is 1. The Hall–Kier alpha value is -2.83. The molecule has 0 fully saturated rings. The predicted octanol–water partition coefficient (Wildman–Crippen LogP) is 2.53. The van der Waals surface area contributed by atoms with Gasteiger partial charge in [-0.3, -0.25) is 0 Å². The minimum absolute atomic E-state index is 0.315. The number of allylic oxidation sites excluding steroid dienone is 1. The van der Waals surface area contributed by atoms with Gasteiger partial charge in [0.05, 0.1) is 18.8 Å². The maximum atomic E-state index is 12.5. The summed E-state index contributed by atoms with van der Waals surface area (Å²) in [5, 5.41) is 7.37. The van der Waals surface area contributed by atoms with E-state index in [2.05, 4.69) is 15.4 Å². The molecular formula is C17H20N4O3. The second-order valence-corrected chi connectivity index (χ2v) is 5.32. The summed E-state index contributed by atoms with van der Waals surface area (Å²) >= 11 is 0. The van der Waals surface area contributed by atoms with Gasteiger partial charge in [-0.25, -0.2) is 9.48 Å². The van der Waals surface area contributed by atoms with Gasteiger partial charge in [-0.15, -0.1) is 0 Å². The Morgan fingerprint density at radius 2 is 2.00 bits per heavy atom. The molecule has 126 valence electrons. The van der Waals surface area contributed by atoms with Crippen LogP contribution in [-0.4, -0.2) is 33.9 Å². The quantitative estimate of drug-likeness (QED) is 0.850. The molecule has 1 atom stereocenters. The number of carbonyl (C=O) groups excluding carboxylic acids is 1. The van der Waals surface area contributed by atoms with E-state index in [1.165, 1.54) is 6.33 Å². The van der Waals surface area contributed by atoms with Crippen LogP contribution in [0.2, 0.25) is 0 Å². The van der Waals surface area contributed by atoms with Gasteiger partial charge in [-0.2, -0.15) is 10.1 Å². The van der Waals surface area contributed by atoms with Crippen molar-refractivity contribution in [2.75, 3.05) is 18.5 Å². The maximum absolute atomic E-state index is 12.5. The number of aromatic nitrogens is 3. The van der Waals surface area contributed by atoms with Gasteiger partial charge in [-0.05, 0) is 38.5 Å². The molecule has 2 heterocycles. The lowest BCUT2D eigenvalue weighted by molar-refractivity contribution is -0.139. The van der Waals surface area contributed by atoms with Crippen molar-refractivity contribution in [1.29, 1.82) is 0 Å². The van der Waals surface area contributed by atoms with Crippen LogP contribution in [0.15, 0.2) is 41.9 Å². The predicted molar refractivity (Wildman–Crippen MR) is 88.7 cm³/mol. The van der Waals surface area contributed by atoms with Gasteiger partial charge >= 0.3 is 5.97 Å². The number of benzene rings is 1. The van der Waals surface area contributed by atoms with Crippen molar-refractivity contribution in [3.63, 3.8) is 0 Å². The highest BCUT2D eigenvalue weighted by Gasteiger charge is 2.34. The molecule has 7 heteroatoms. The van der Waals surface area contributed by atoms with Crippen LogP contribution < -0.4 is 10.1 Å². The fraction of sp³-hybridized carbons (Fsp3) is 0.353. The van der Waals surface area contributed by atoms with Crippen LogP contribution >= 0.6 is 0 Å². The van der Waals surface area contributed by atoms with Crippen LogP contribution in [0, 0.1) is 0 Å². The fourth-order valence-corrected chi connectivity index (χ4v) is 2.79. The molecule has 1 N–H and O–H groups in total. The average Bonchev–Trinajstić information content (AvgIpc) is 3.02. The molecule has 0 spiro atoms. The topological polar surface area (TPSA) is 78.3 Å². The maximum Gasteiger partial charge on any atom is 0.338 e. The Morgan fingerprint density at radius 3 is 2.67 bits per heavy atom. The highest BCUT2D eigenvalue weighted by Crippen LogP contribution is 2.35. The van der Waals surface area contributed by atoms with E-state index in [1.54, 1.807) is 11.6 Å². The first-order valence-electron chi connectivity index (χ1n) is 7.92. The number of nitrogens with zero attached hydrogens (tertiary/aromatic N) is 3. The number of rotatable bonds is 5. The third-order valence-electron chi connectivity index (χ3n) is 3.80. The molecule has 0 radical (unpaired) electrons. The minimum Gasteiger partial charge on any atom is -0.494 e. The lowest BCUT2D eigenvalue weighted by atomic mass is 9.96. The Labute approximate surface area is 140 Å². The van der Waals surface area contributed by atoms with Crippen molar-refractivity contribution in [3.05, 3.63) is 47.4 Å². The Kier molecular flexibility index (Phi) is 4.50. The molecule has 0 aliphatic carbocycles. The molecule has 0 amide bonds. The molecule has 24 heavy (non-hydrogen) atoms. The number of hydrogen-bond donors (Lipinski definition) is 1. The van der Waals surface area contributed by atoms with E-state index in [4.69, 9.17) is 9.47 Å². The first kappa shape index (κ1) is 16.0. The van der Waals surface area contributed by atoms with E-state index < -0.39 is 6.04 Å². The third kappa shape index (κ3) is 2.84. The van der Waals surface area contributed by atoms with Crippen LogP contribution in [-0.2, 0) is 9.53 Å². The molecule has 0 bridgehead atoms. The Balaban J connectivity index is 2.05. The molecule has 0 saturated heterocycles. The number of carbonyl (C=O) groups is 1. The summed E-state index contributed by atoms with van der Waals surface area (Å²) in [5.74, 6) is 1.02. The molecule has 2 aromatic rings. The molecule has 3 rings (SSSR count). The highest BCUT2D eigenvalue weighted by atomic mass is 16.5. The lowest BCUT2D eigenvalue weighted by Crippen LogP contribution is -2.29. The number of hydrogen-bond acceptors (Lipinski definition) is 6. The first-order valence-corrected chi connectivity index (χ1v) is 7.92. The molecule has 1 aliphatic rings. The van der Waals surface area contributed by atoms with Crippen molar-refractivity contribution >= 4 is 11.9 Å². The van der Waals surface area contributed by atoms with Crippen LogP contribution in [0.3, 0.4) is 0 Å². The third-order valence-corrected chi connectivity index (χ3v) is 3.80. The second kappa shape index (κ2) is 6.74. The molecule has 7 nitrogen and oxygen atoms in total. The molecule has 1 aromatic heterocycles. The molecule has 0 saturated carbocycles. The zero-order valence-electron chi connectivity index (χ0n) is 13.9. The summed E-state index contributed by atoms with van der Waals surface area (Å²) in [7, 11) is 0. The number of anilines is 1. The number of fused-ring (bicyclic) bond motifs is 1. The summed E-state index contributed by atoms with van der Waals surface area (Å²) in [6.07, 6.45) is 1.46. The summed E-state index contributed by atoms with van der Waals surface area (Å²) in [6, 6.07) is 7.24. The summed E-state index contributed by atoms with van der Waals surface area (Å²) in [6.45, 7) is 6.49. The van der Waals surface area contributed by atoms with E-state index >= 15 is 0 Å². The molecular weight excluding hydrogens is 308 g/mol. The van der Waals surface area contributed by atoms with Crippen LogP contribution in [0.25, 0.3) is 0 Å². The van der Waals surface area contributed by atoms with Gasteiger partial charge in [0.2, 0.25) is 5.95 Å². The van der Waals surface area contributed by atoms with E-state index in [1.807, 2.05) is 38.1 Å². The van der Waals surface area contributed by atoms with Crippen molar-refractivity contribution in [3.8, 4) is 5.75 Å². The van der Waals surface area contributed by atoms with E-state index in [9.17, 15) is 4.79 Å². The smallest absolute Gasteiger partial charge is 0.338 e. The zero-order chi connectivity index (χ0) is 17.1. The van der Waals surface area contributed by atoms with Crippen LogP contribution in [0.4, 0.5) is 5.95 Å². The summed E-state index contributed by atoms with van der Waals surface area (Å²) in [5.41, 5.74) is 2.15.